The van der Waals surface area contributed by atoms with Crippen molar-refractivity contribution in [2.24, 2.45) is 5.73 Å². The fourth-order valence-electron chi connectivity index (χ4n) is 2.29. The first-order valence-electron chi connectivity index (χ1n) is 6.34. The second-order valence-corrected chi connectivity index (χ2v) is 5.83. The number of hydrogen-bond acceptors (Lipinski definition) is 2. The van der Waals surface area contributed by atoms with Crippen LogP contribution in [0.3, 0.4) is 0 Å². The molecule has 0 radical (unpaired) electrons. The zero-order chi connectivity index (χ0) is 13.1. The van der Waals surface area contributed by atoms with Gasteiger partial charge in [0, 0.05) is 30.0 Å². The van der Waals surface area contributed by atoms with Crippen LogP contribution < -0.4 is 5.73 Å². The van der Waals surface area contributed by atoms with Gasteiger partial charge in [0.25, 0.3) is 0 Å². The molecule has 4 heteroatoms. The molecule has 1 aromatic carbocycles. The van der Waals surface area contributed by atoms with Gasteiger partial charge in [-0.3, -0.25) is 4.79 Å². The van der Waals surface area contributed by atoms with E-state index in [-0.39, 0.29) is 11.9 Å². The van der Waals surface area contributed by atoms with Crippen molar-refractivity contribution in [3.63, 3.8) is 0 Å². The lowest BCUT2D eigenvalue weighted by atomic mass is 10.1. The highest BCUT2D eigenvalue weighted by Crippen LogP contribution is 2.18. The second-order valence-electron chi connectivity index (χ2n) is 4.97. The van der Waals surface area contributed by atoms with E-state index in [9.17, 15) is 4.79 Å². The van der Waals surface area contributed by atoms with Crippen LogP contribution in [-0.4, -0.2) is 29.9 Å². The number of halogens is 1. The van der Waals surface area contributed by atoms with Gasteiger partial charge in [-0.1, -0.05) is 28.1 Å². The molecule has 0 unspecified atom stereocenters. The number of carbonyl (C=O) groups excluding carboxylic acids is 1. The molecule has 2 rings (SSSR count). The summed E-state index contributed by atoms with van der Waals surface area (Å²) in [6, 6.07) is 6.41. The SMILES string of the molecule is Cc1cc(CCC(=O)N2CC[C@@H](N)C2)ccc1Br. The maximum Gasteiger partial charge on any atom is 0.222 e. The van der Waals surface area contributed by atoms with Gasteiger partial charge in [-0.2, -0.15) is 0 Å². The molecule has 1 aliphatic heterocycles. The van der Waals surface area contributed by atoms with E-state index in [1.165, 1.54) is 11.1 Å². The molecule has 1 aliphatic rings. The Morgan fingerprint density at radius 1 is 1.56 bits per heavy atom. The van der Waals surface area contributed by atoms with Crippen LogP contribution in [0.2, 0.25) is 0 Å². The molecule has 98 valence electrons. The number of carbonyl (C=O) groups is 1. The van der Waals surface area contributed by atoms with E-state index in [0.717, 1.165) is 30.4 Å². The van der Waals surface area contributed by atoms with Crippen molar-refractivity contribution in [3.8, 4) is 0 Å². The highest BCUT2D eigenvalue weighted by Gasteiger charge is 2.22. The topological polar surface area (TPSA) is 46.3 Å². The summed E-state index contributed by atoms with van der Waals surface area (Å²) in [6.07, 6.45) is 2.32. The lowest BCUT2D eigenvalue weighted by Gasteiger charge is -2.15. The molecule has 0 bridgehead atoms. The Bertz CT molecular complexity index is 447. The molecule has 2 N–H and O–H groups in total. The highest BCUT2D eigenvalue weighted by atomic mass is 79.9. The number of amides is 1. The molecule has 1 aromatic rings. The van der Waals surface area contributed by atoms with Gasteiger partial charge in [0.1, 0.15) is 0 Å². The van der Waals surface area contributed by atoms with E-state index in [2.05, 4.69) is 35.0 Å². The summed E-state index contributed by atoms with van der Waals surface area (Å²) < 4.78 is 1.11. The van der Waals surface area contributed by atoms with Crippen LogP contribution >= 0.6 is 15.9 Å². The smallest absolute Gasteiger partial charge is 0.222 e. The molecule has 1 fully saturated rings. The average Bonchev–Trinajstić information content (AvgIpc) is 2.77. The number of aryl methyl sites for hydroxylation is 2. The van der Waals surface area contributed by atoms with Gasteiger partial charge in [0.05, 0.1) is 0 Å². The molecular formula is C14H19BrN2O. The molecule has 0 spiro atoms. The third kappa shape index (κ3) is 3.33. The zero-order valence-electron chi connectivity index (χ0n) is 10.7. The van der Waals surface area contributed by atoms with Crippen molar-refractivity contribution in [2.75, 3.05) is 13.1 Å². The maximum atomic E-state index is 12.0. The van der Waals surface area contributed by atoms with Gasteiger partial charge in [-0.25, -0.2) is 0 Å². The molecule has 1 saturated heterocycles. The van der Waals surface area contributed by atoms with E-state index in [4.69, 9.17) is 5.73 Å². The summed E-state index contributed by atoms with van der Waals surface area (Å²) in [6.45, 7) is 3.60. The molecule has 0 aromatic heterocycles. The Balaban J connectivity index is 1.87. The molecule has 18 heavy (non-hydrogen) atoms. The minimum atomic E-state index is 0.170. The summed E-state index contributed by atoms with van der Waals surface area (Å²) in [5.41, 5.74) is 8.23. The molecule has 0 saturated carbocycles. The van der Waals surface area contributed by atoms with Crippen molar-refractivity contribution in [1.29, 1.82) is 0 Å². The van der Waals surface area contributed by atoms with Crippen LogP contribution in [0.1, 0.15) is 24.0 Å². The van der Waals surface area contributed by atoms with Crippen LogP contribution in [-0.2, 0) is 11.2 Å². The fourth-order valence-corrected chi connectivity index (χ4v) is 2.53. The summed E-state index contributed by atoms with van der Waals surface area (Å²) >= 11 is 3.48. The first-order chi connectivity index (χ1) is 8.56. The summed E-state index contributed by atoms with van der Waals surface area (Å²) in [7, 11) is 0. The van der Waals surface area contributed by atoms with Crippen molar-refractivity contribution < 1.29 is 4.79 Å². The number of hydrogen-bond donors (Lipinski definition) is 1. The predicted molar refractivity (Wildman–Crippen MR) is 76.4 cm³/mol. The standard InChI is InChI=1S/C14H19BrN2O/c1-10-8-11(2-4-13(10)15)3-5-14(18)17-7-6-12(16)9-17/h2,4,8,12H,3,5-7,9,16H2,1H3/t12-/m1/s1. The van der Waals surface area contributed by atoms with E-state index >= 15 is 0 Å². The van der Waals surface area contributed by atoms with E-state index in [1.807, 2.05) is 11.0 Å². The zero-order valence-corrected chi connectivity index (χ0v) is 12.2. The number of likely N-dealkylation sites (tertiary alicyclic amines) is 1. The lowest BCUT2D eigenvalue weighted by molar-refractivity contribution is -0.130. The molecule has 1 atom stereocenters. The first kappa shape index (κ1) is 13.6. The van der Waals surface area contributed by atoms with Gasteiger partial charge in [-0.05, 0) is 37.0 Å². The monoisotopic (exact) mass is 310 g/mol. The van der Waals surface area contributed by atoms with Gasteiger partial charge in [0.2, 0.25) is 5.91 Å². The Morgan fingerprint density at radius 2 is 2.33 bits per heavy atom. The third-order valence-electron chi connectivity index (χ3n) is 3.43. The fraction of sp³-hybridized carbons (Fsp3) is 0.500. The van der Waals surface area contributed by atoms with Gasteiger partial charge >= 0.3 is 0 Å². The highest BCUT2D eigenvalue weighted by molar-refractivity contribution is 9.10. The predicted octanol–water partition coefficient (Wildman–Crippen LogP) is 2.25. The quantitative estimate of drug-likeness (QED) is 0.930. The second kappa shape index (κ2) is 5.85. The maximum absolute atomic E-state index is 12.0. The lowest BCUT2D eigenvalue weighted by Crippen LogP contribution is -2.31. The minimum absolute atomic E-state index is 0.170. The van der Waals surface area contributed by atoms with Crippen molar-refractivity contribution in [3.05, 3.63) is 33.8 Å². The van der Waals surface area contributed by atoms with Gasteiger partial charge in [0.15, 0.2) is 0 Å². The Labute approximate surface area is 116 Å². The molecule has 3 nitrogen and oxygen atoms in total. The van der Waals surface area contributed by atoms with Crippen molar-refractivity contribution in [2.45, 2.75) is 32.2 Å². The van der Waals surface area contributed by atoms with Crippen molar-refractivity contribution >= 4 is 21.8 Å². The molecular weight excluding hydrogens is 292 g/mol. The van der Waals surface area contributed by atoms with E-state index < -0.39 is 0 Å². The van der Waals surface area contributed by atoms with Gasteiger partial charge < -0.3 is 10.6 Å². The number of nitrogens with zero attached hydrogens (tertiary/aromatic N) is 1. The Morgan fingerprint density at radius 3 is 2.94 bits per heavy atom. The van der Waals surface area contributed by atoms with Crippen molar-refractivity contribution in [1.82, 2.24) is 4.90 Å². The van der Waals surface area contributed by atoms with E-state index in [1.54, 1.807) is 0 Å². The number of nitrogens with two attached hydrogens (primary N) is 1. The summed E-state index contributed by atoms with van der Waals surface area (Å²) in [4.78, 5) is 13.9. The normalized spacial score (nSPS) is 19.3. The third-order valence-corrected chi connectivity index (χ3v) is 4.32. The minimum Gasteiger partial charge on any atom is -0.341 e. The summed E-state index contributed by atoms with van der Waals surface area (Å²) in [5, 5.41) is 0. The van der Waals surface area contributed by atoms with Crippen LogP contribution in [0.25, 0.3) is 0 Å². The Kier molecular flexibility index (Phi) is 4.40. The molecule has 1 amide bonds. The average molecular weight is 311 g/mol. The number of rotatable bonds is 3. The van der Waals surface area contributed by atoms with Crippen LogP contribution in [0, 0.1) is 6.92 Å². The first-order valence-corrected chi connectivity index (χ1v) is 7.14. The molecule has 0 aliphatic carbocycles. The van der Waals surface area contributed by atoms with Crippen LogP contribution in [0.15, 0.2) is 22.7 Å². The largest absolute Gasteiger partial charge is 0.341 e. The number of benzene rings is 1. The van der Waals surface area contributed by atoms with Crippen LogP contribution in [0.4, 0.5) is 0 Å². The Hall–Kier alpha value is -0.870. The van der Waals surface area contributed by atoms with Crippen LogP contribution in [0.5, 0.6) is 0 Å². The summed E-state index contributed by atoms with van der Waals surface area (Å²) in [5.74, 6) is 0.225. The van der Waals surface area contributed by atoms with Gasteiger partial charge in [-0.15, -0.1) is 0 Å². The van der Waals surface area contributed by atoms with E-state index in [0.29, 0.717) is 6.42 Å². The molecule has 1 heterocycles.